The van der Waals surface area contributed by atoms with Gasteiger partial charge in [0.2, 0.25) is 0 Å². The lowest BCUT2D eigenvalue weighted by Gasteiger charge is -2.39. The molecule has 1 N–H and O–H groups in total. The summed E-state index contributed by atoms with van der Waals surface area (Å²) >= 11 is 0. The van der Waals surface area contributed by atoms with Gasteiger partial charge < -0.3 is 29.3 Å². The van der Waals surface area contributed by atoms with Crippen LogP contribution in [0.3, 0.4) is 0 Å². The van der Waals surface area contributed by atoms with Crippen LogP contribution >= 0.6 is 0 Å². The van der Waals surface area contributed by atoms with E-state index in [1.165, 1.54) is 13.3 Å². The second kappa shape index (κ2) is 5.88. The maximum atomic E-state index is 13.0. The zero-order chi connectivity index (χ0) is 17.8. The zero-order valence-corrected chi connectivity index (χ0v) is 14.9. The molecule has 25 heavy (non-hydrogen) atoms. The minimum Gasteiger partial charge on any atom is -0.461 e. The monoisotopic (exact) mass is 351 g/mol. The Bertz CT molecular complexity index is 615. The fourth-order valence-electron chi connectivity index (χ4n) is 4.38. The molecule has 138 valence electrons. The number of epoxide rings is 1. The van der Waals surface area contributed by atoms with Crippen LogP contribution in [0.5, 0.6) is 0 Å². The first-order valence-electron chi connectivity index (χ1n) is 8.83. The summed E-state index contributed by atoms with van der Waals surface area (Å²) < 4.78 is 16.9. The van der Waals surface area contributed by atoms with Crippen LogP contribution in [0.15, 0.2) is 11.8 Å². The number of piperazine rings is 1. The van der Waals surface area contributed by atoms with Crippen LogP contribution in [0.4, 0.5) is 4.79 Å². The largest absolute Gasteiger partial charge is 0.461 e. The summed E-state index contributed by atoms with van der Waals surface area (Å²) in [5.74, 6) is -0.128. The lowest BCUT2D eigenvalue weighted by atomic mass is 9.81. The Morgan fingerprint density at radius 3 is 2.72 bits per heavy atom. The molecule has 5 atom stereocenters. The molecule has 1 aliphatic carbocycles. The van der Waals surface area contributed by atoms with Crippen LogP contribution in [0, 0.1) is 11.8 Å². The van der Waals surface area contributed by atoms with E-state index in [2.05, 4.69) is 17.3 Å². The Morgan fingerprint density at radius 2 is 2.04 bits per heavy atom. The molecule has 4 rings (SSSR count). The molecule has 3 heterocycles. The van der Waals surface area contributed by atoms with Gasteiger partial charge in [-0.3, -0.25) is 4.79 Å². The number of carbonyl (C=O) groups excluding carboxylic acids is 2. The van der Waals surface area contributed by atoms with Gasteiger partial charge in [-0.05, 0) is 20.4 Å². The lowest BCUT2D eigenvalue weighted by molar-refractivity contribution is -0.146. The van der Waals surface area contributed by atoms with Crippen LogP contribution in [0.25, 0.3) is 0 Å². The summed E-state index contributed by atoms with van der Waals surface area (Å²) in [5.41, 5.74) is 0.300. The topological polar surface area (TPSA) is 83.6 Å². The number of carbonyl (C=O) groups is 2. The Balaban J connectivity index is 1.54. The van der Waals surface area contributed by atoms with E-state index in [0.717, 1.165) is 32.6 Å². The molecule has 3 aliphatic heterocycles. The van der Waals surface area contributed by atoms with Gasteiger partial charge in [-0.25, -0.2) is 4.79 Å². The molecule has 0 spiro atoms. The molecule has 0 aromatic rings. The molecule has 0 radical (unpaired) electrons. The summed E-state index contributed by atoms with van der Waals surface area (Å²) in [6.45, 7) is 5.20. The van der Waals surface area contributed by atoms with E-state index in [-0.39, 0.29) is 29.4 Å². The van der Waals surface area contributed by atoms with Crippen molar-refractivity contribution in [1.29, 1.82) is 0 Å². The molecular formula is C17H25N3O5. The second-order valence-corrected chi connectivity index (χ2v) is 7.49. The number of rotatable bonds is 2. The first-order valence-corrected chi connectivity index (χ1v) is 8.83. The predicted octanol–water partition coefficient (Wildman–Crippen LogP) is 0.150. The molecule has 0 aromatic carbocycles. The van der Waals surface area contributed by atoms with Gasteiger partial charge in [-0.2, -0.15) is 0 Å². The van der Waals surface area contributed by atoms with E-state index < -0.39 is 12.4 Å². The Hall–Kier alpha value is -1.80. The maximum Gasteiger partial charge on any atom is 0.409 e. The number of nitrogens with one attached hydrogen (secondary N) is 1. The minimum absolute atomic E-state index is 0.000637. The number of hydrogen-bond donors (Lipinski definition) is 1. The predicted molar refractivity (Wildman–Crippen MR) is 87.4 cm³/mol. The highest BCUT2D eigenvalue weighted by molar-refractivity contribution is 5.94. The van der Waals surface area contributed by atoms with Gasteiger partial charge in [-0.1, -0.05) is 0 Å². The summed E-state index contributed by atoms with van der Waals surface area (Å²) in [6, 6.07) is 0. The van der Waals surface area contributed by atoms with Crippen LogP contribution in [-0.2, 0) is 19.0 Å². The van der Waals surface area contributed by atoms with Crippen molar-refractivity contribution in [2.75, 3.05) is 40.3 Å². The number of hydrogen-bond acceptors (Lipinski definition) is 6. The van der Waals surface area contributed by atoms with Crippen LogP contribution in [-0.4, -0.2) is 80.1 Å². The summed E-state index contributed by atoms with van der Waals surface area (Å²) in [7, 11) is 3.57. The average molecular weight is 351 g/mol. The Kier molecular flexibility index (Phi) is 3.92. The van der Waals surface area contributed by atoms with Crippen molar-refractivity contribution >= 4 is 12.0 Å². The molecule has 2 amide bonds. The van der Waals surface area contributed by atoms with Gasteiger partial charge in [0.25, 0.3) is 12.2 Å². The highest BCUT2D eigenvalue weighted by Gasteiger charge is 2.71. The third kappa shape index (κ3) is 2.67. The van der Waals surface area contributed by atoms with E-state index in [1.807, 2.05) is 11.8 Å². The first kappa shape index (κ1) is 16.7. The number of alkyl carbamates (subject to hydrolysis) is 1. The standard InChI is InChI=1S/C17H25N3O5/c1-17-12(25-17)8-10-11(14(21)20-6-4-19(3)5-7-20)9-23-15(13(10)17)24-16(22)18-2/h9-10,12-13,15H,4-8H2,1-3H3,(H,18,22)/t10?,12?,13?,15?,17-/m0/s1. The second-order valence-electron chi connectivity index (χ2n) is 7.49. The van der Waals surface area contributed by atoms with Crippen LogP contribution < -0.4 is 5.32 Å². The van der Waals surface area contributed by atoms with E-state index in [9.17, 15) is 9.59 Å². The van der Waals surface area contributed by atoms with E-state index in [0.29, 0.717) is 5.57 Å². The van der Waals surface area contributed by atoms with E-state index >= 15 is 0 Å². The number of amides is 2. The number of ether oxygens (including phenoxy) is 3. The molecule has 2 saturated heterocycles. The van der Waals surface area contributed by atoms with Crippen LogP contribution in [0.2, 0.25) is 0 Å². The van der Waals surface area contributed by atoms with Gasteiger partial charge >= 0.3 is 6.09 Å². The quantitative estimate of drug-likeness (QED) is 0.713. The third-order valence-electron chi connectivity index (χ3n) is 6.03. The Morgan fingerprint density at radius 1 is 1.32 bits per heavy atom. The van der Waals surface area contributed by atoms with Crippen molar-refractivity contribution in [3.63, 3.8) is 0 Å². The van der Waals surface area contributed by atoms with E-state index in [1.54, 1.807) is 0 Å². The smallest absolute Gasteiger partial charge is 0.409 e. The molecule has 0 aromatic heterocycles. The molecule has 1 saturated carbocycles. The third-order valence-corrected chi connectivity index (χ3v) is 6.03. The first-order chi connectivity index (χ1) is 11.9. The zero-order valence-electron chi connectivity index (χ0n) is 14.9. The summed E-state index contributed by atoms with van der Waals surface area (Å²) in [5, 5.41) is 2.44. The molecule has 4 unspecified atom stereocenters. The normalized spacial score (nSPS) is 39.6. The Labute approximate surface area is 147 Å². The fraction of sp³-hybridized carbons (Fsp3) is 0.765. The minimum atomic E-state index is -0.730. The number of fused-ring (bicyclic) bond motifs is 3. The van der Waals surface area contributed by atoms with Crippen molar-refractivity contribution in [3.8, 4) is 0 Å². The SMILES string of the molecule is CNC(=O)OC1OC=C(C(=O)N2CCN(C)CC2)C2CC3O[C@]3(C)C12. The maximum absolute atomic E-state index is 13.0. The number of nitrogens with zero attached hydrogens (tertiary/aromatic N) is 2. The van der Waals surface area contributed by atoms with Crippen molar-refractivity contribution in [2.24, 2.45) is 11.8 Å². The molecular weight excluding hydrogens is 326 g/mol. The van der Waals surface area contributed by atoms with Gasteiger partial charge in [0, 0.05) is 39.1 Å². The van der Waals surface area contributed by atoms with Gasteiger partial charge in [0.05, 0.1) is 23.9 Å². The average Bonchev–Trinajstić information content (AvgIpc) is 3.16. The highest BCUT2D eigenvalue weighted by Crippen LogP contribution is 2.61. The van der Waals surface area contributed by atoms with Gasteiger partial charge in [0.1, 0.15) is 5.60 Å². The van der Waals surface area contributed by atoms with Gasteiger partial charge in [0.15, 0.2) is 0 Å². The van der Waals surface area contributed by atoms with Crippen molar-refractivity contribution in [3.05, 3.63) is 11.8 Å². The van der Waals surface area contributed by atoms with E-state index in [4.69, 9.17) is 14.2 Å². The van der Waals surface area contributed by atoms with Crippen molar-refractivity contribution in [2.45, 2.75) is 31.3 Å². The van der Waals surface area contributed by atoms with Crippen molar-refractivity contribution < 1.29 is 23.8 Å². The highest BCUT2D eigenvalue weighted by atomic mass is 16.7. The lowest BCUT2D eigenvalue weighted by Crippen LogP contribution is -2.50. The summed E-state index contributed by atoms with van der Waals surface area (Å²) in [4.78, 5) is 28.7. The van der Waals surface area contributed by atoms with Crippen LogP contribution in [0.1, 0.15) is 13.3 Å². The molecule has 8 heteroatoms. The molecule has 3 fully saturated rings. The van der Waals surface area contributed by atoms with Crippen molar-refractivity contribution in [1.82, 2.24) is 15.1 Å². The fourth-order valence-corrected chi connectivity index (χ4v) is 4.38. The summed E-state index contributed by atoms with van der Waals surface area (Å²) in [6.07, 6.45) is 1.10. The molecule has 4 aliphatic rings. The molecule has 8 nitrogen and oxygen atoms in total. The van der Waals surface area contributed by atoms with Gasteiger partial charge in [-0.15, -0.1) is 0 Å². The molecule has 0 bridgehead atoms. The number of likely N-dealkylation sites (N-methyl/N-ethyl adjacent to an activating group) is 1.